The third-order valence-corrected chi connectivity index (χ3v) is 3.01. The van der Waals surface area contributed by atoms with E-state index in [1.165, 1.54) is 12.8 Å². The molecule has 1 saturated carbocycles. The molecule has 1 N–H and O–H groups in total. The summed E-state index contributed by atoms with van der Waals surface area (Å²) in [7, 11) is -3.71. The summed E-state index contributed by atoms with van der Waals surface area (Å²) in [4.78, 5) is 0. The summed E-state index contributed by atoms with van der Waals surface area (Å²) < 4.78 is 29.1. The molecular formula is C7H15NaO3S. The van der Waals surface area contributed by atoms with Crippen LogP contribution < -0.4 is 0 Å². The molecule has 0 amide bonds. The van der Waals surface area contributed by atoms with Gasteiger partial charge in [0.25, 0.3) is 10.1 Å². The van der Waals surface area contributed by atoms with E-state index in [2.05, 4.69) is 0 Å². The standard InChI is InChI=1S/C7H14O3S.Na.H/c8-11(9,10)6-5-7-3-1-2-4-7;;/h7H,1-6H2,(H,8,9,10);;. The average molecular weight is 202 g/mol. The topological polar surface area (TPSA) is 54.4 Å². The van der Waals surface area contributed by atoms with Gasteiger partial charge in [-0.05, 0) is 12.3 Å². The van der Waals surface area contributed by atoms with Crippen LogP contribution in [0.1, 0.15) is 32.1 Å². The van der Waals surface area contributed by atoms with Crippen molar-refractivity contribution in [2.75, 3.05) is 5.75 Å². The van der Waals surface area contributed by atoms with Crippen molar-refractivity contribution in [3.8, 4) is 0 Å². The van der Waals surface area contributed by atoms with E-state index < -0.39 is 10.1 Å². The van der Waals surface area contributed by atoms with Crippen LogP contribution >= 0.6 is 0 Å². The maximum atomic E-state index is 10.3. The summed E-state index contributed by atoms with van der Waals surface area (Å²) in [5.74, 6) is 0.481. The van der Waals surface area contributed by atoms with E-state index in [1.807, 2.05) is 0 Å². The molecule has 3 nitrogen and oxygen atoms in total. The van der Waals surface area contributed by atoms with Gasteiger partial charge in [0.05, 0.1) is 5.75 Å². The molecular weight excluding hydrogens is 187 g/mol. The molecule has 1 fully saturated rings. The van der Waals surface area contributed by atoms with E-state index in [0.29, 0.717) is 12.3 Å². The number of hydrogen-bond donors (Lipinski definition) is 1. The van der Waals surface area contributed by atoms with Crippen molar-refractivity contribution in [2.24, 2.45) is 5.92 Å². The molecule has 5 heteroatoms. The van der Waals surface area contributed by atoms with Gasteiger partial charge in [0.2, 0.25) is 0 Å². The molecule has 1 aliphatic rings. The molecule has 1 aliphatic carbocycles. The molecule has 0 bridgehead atoms. The molecule has 1 rings (SSSR count). The summed E-state index contributed by atoms with van der Waals surface area (Å²) in [6, 6.07) is 0. The van der Waals surface area contributed by atoms with Gasteiger partial charge in [-0.2, -0.15) is 8.42 Å². The molecule has 68 valence electrons. The van der Waals surface area contributed by atoms with E-state index in [0.717, 1.165) is 12.8 Å². The van der Waals surface area contributed by atoms with Crippen LogP contribution in [0.4, 0.5) is 0 Å². The Morgan fingerprint density at radius 1 is 1.25 bits per heavy atom. The molecule has 0 atom stereocenters. The first-order valence-electron chi connectivity index (χ1n) is 4.03. The van der Waals surface area contributed by atoms with Crippen molar-refractivity contribution in [2.45, 2.75) is 32.1 Å². The Labute approximate surface area is 96.0 Å². The first-order chi connectivity index (χ1) is 5.08. The summed E-state index contributed by atoms with van der Waals surface area (Å²) >= 11 is 0. The van der Waals surface area contributed by atoms with Crippen LogP contribution in [-0.4, -0.2) is 48.3 Å². The maximum absolute atomic E-state index is 10.3. The third kappa shape index (κ3) is 5.54. The van der Waals surface area contributed by atoms with Gasteiger partial charge >= 0.3 is 29.6 Å². The summed E-state index contributed by atoms with van der Waals surface area (Å²) in [5, 5.41) is 0. The summed E-state index contributed by atoms with van der Waals surface area (Å²) in [5.41, 5.74) is 0. The van der Waals surface area contributed by atoms with Crippen LogP contribution in [0.3, 0.4) is 0 Å². The first kappa shape index (κ1) is 12.9. The van der Waals surface area contributed by atoms with Gasteiger partial charge in [-0.1, -0.05) is 25.7 Å². The zero-order valence-corrected chi connectivity index (χ0v) is 7.31. The van der Waals surface area contributed by atoms with Gasteiger partial charge in [-0.3, -0.25) is 4.55 Å². The predicted molar refractivity (Wildman–Crippen MR) is 50.1 cm³/mol. The van der Waals surface area contributed by atoms with E-state index >= 15 is 0 Å². The van der Waals surface area contributed by atoms with E-state index in [1.54, 1.807) is 0 Å². The first-order valence-corrected chi connectivity index (χ1v) is 5.64. The van der Waals surface area contributed by atoms with E-state index in [-0.39, 0.29) is 35.3 Å². The van der Waals surface area contributed by atoms with E-state index in [9.17, 15) is 8.42 Å². The molecule has 0 aromatic heterocycles. The Morgan fingerprint density at radius 2 is 1.75 bits per heavy atom. The molecule has 0 aromatic rings. The molecule has 0 spiro atoms. The van der Waals surface area contributed by atoms with Crippen molar-refractivity contribution in [1.29, 1.82) is 0 Å². The Bertz CT molecular complexity index is 207. The van der Waals surface area contributed by atoms with Crippen LogP contribution in [0.5, 0.6) is 0 Å². The second-order valence-corrected chi connectivity index (χ2v) is 4.80. The second-order valence-electron chi connectivity index (χ2n) is 3.23. The molecule has 0 aromatic carbocycles. The Hall–Kier alpha value is 0.910. The average Bonchev–Trinajstić information content (AvgIpc) is 2.32. The van der Waals surface area contributed by atoms with Crippen molar-refractivity contribution in [3.05, 3.63) is 0 Å². The SMILES string of the molecule is O=S(=O)(O)CCC1CCCC1.[NaH]. The second kappa shape index (κ2) is 5.60. The fraction of sp³-hybridized carbons (Fsp3) is 1.00. The molecule has 0 heterocycles. The van der Waals surface area contributed by atoms with Gasteiger partial charge in [-0.15, -0.1) is 0 Å². The quantitative estimate of drug-likeness (QED) is 0.544. The molecule has 0 aliphatic heterocycles. The molecule has 0 unspecified atom stereocenters. The Kier molecular flexibility index (Phi) is 6.03. The normalized spacial score (nSPS) is 19.1. The molecule has 0 radical (unpaired) electrons. The van der Waals surface area contributed by atoms with Crippen LogP contribution in [0.25, 0.3) is 0 Å². The summed E-state index contributed by atoms with van der Waals surface area (Å²) in [6.45, 7) is 0. The van der Waals surface area contributed by atoms with Crippen molar-refractivity contribution in [1.82, 2.24) is 0 Å². The van der Waals surface area contributed by atoms with Crippen molar-refractivity contribution >= 4 is 39.7 Å². The minimum atomic E-state index is -3.71. The van der Waals surface area contributed by atoms with Gasteiger partial charge in [-0.25, -0.2) is 0 Å². The van der Waals surface area contributed by atoms with Crippen LogP contribution in [0, 0.1) is 5.92 Å². The third-order valence-electron chi connectivity index (χ3n) is 2.26. The predicted octanol–water partition coefficient (Wildman–Crippen LogP) is 0.806. The monoisotopic (exact) mass is 202 g/mol. The zero-order valence-electron chi connectivity index (χ0n) is 6.49. The van der Waals surface area contributed by atoms with Gasteiger partial charge in [0.1, 0.15) is 0 Å². The fourth-order valence-electron chi connectivity index (χ4n) is 1.61. The minimum absolute atomic E-state index is 0. The van der Waals surface area contributed by atoms with Crippen molar-refractivity contribution < 1.29 is 13.0 Å². The van der Waals surface area contributed by atoms with Gasteiger partial charge < -0.3 is 0 Å². The Balaban J connectivity index is 0.00000121. The molecule has 0 saturated heterocycles. The van der Waals surface area contributed by atoms with Crippen molar-refractivity contribution in [3.63, 3.8) is 0 Å². The van der Waals surface area contributed by atoms with E-state index in [4.69, 9.17) is 4.55 Å². The van der Waals surface area contributed by atoms with Gasteiger partial charge in [0.15, 0.2) is 0 Å². The molecule has 12 heavy (non-hydrogen) atoms. The Morgan fingerprint density at radius 3 is 2.17 bits per heavy atom. The van der Waals surface area contributed by atoms with Crippen LogP contribution in [0.2, 0.25) is 0 Å². The van der Waals surface area contributed by atoms with Crippen LogP contribution in [0.15, 0.2) is 0 Å². The van der Waals surface area contributed by atoms with Gasteiger partial charge in [0, 0.05) is 0 Å². The number of rotatable bonds is 3. The summed E-state index contributed by atoms with van der Waals surface area (Å²) in [6.07, 6.45) is 5.34. The fourth-order valence-corrected chi connectivity index (χ4v) is 2.25. The zero-order chi connectivity index (χ0) is 8.32. The van der Waals surface area contributed by atoms with Crippen LogP contribution in [-0.2, 0) is 10.1 Å². The number of hydrogen-bond acceptors (Lipinski definition) is 2.